The van der Waals surface area contributed by atoms with Crippen molar-refractivity contribution in [3.05, 3.63) is 72.1 Å². The standard InChI is InChI=1S/C27H31N3O4/c1-20-9-11-21(12-10-20)27-29-23(19-34-27)13-15-28-26(32)22-6-5-16-30(18-22)25(31)14-17-33-24-7-3-2-4-8-24/h2-4,7-12,19,22H,5-6,13-18H2,1H3,(H,28,32). The van der Waals surface area contributed by atoms with Gasteiger partial charge in [0.15, 0.2) is 0 Å². The molecule has 0 aliphatic carbocycles. The van der Waals surface area contributed by atoms with E-state index in [4.69, 9.17) is 9.15 Å². The van der Waals surface area contributed by atoms with Crippen LogP contribution in [-0.4, -0.2) is 47.9 Å². The Kier molecular flexibility index (Phi) is 7.96. The number of nitrogens with zero attached hydrogens (tertiary/aromatic N) is 2. The SMILES string of the molecule is Cc1ccc(-c2nc(CCNC(=O)C3CCCN(C(=O)CCOc4ccccc4)C3)co2)cc1. The number of piperidine rings is 1. The van der Waals surface area contributed by atoms with Gasteiger partial charge in [0.25, 0.3) is 0 Å². The Labute approximate surface area is 200 Å². The van der Waals surface area contributed by atoms with Crippen molar-refractivity contribution in [1.29, 1.82) is 0 Å². The van der Waals surface area contributed by atoms with E-state index in [-0.39, 0.29) is 17.7 Å². The van der Waals surface area contributed by atoms with Crippen LogP contribution in [0.25, 0.3) is 11.5 Å². The molecule has 0 bridgehead atoms. The smallest absolute Gasteiger partial charge is 0.226 e. The minimum absolute atomic E-state index is 0.0136. The molecule has 1 atom stereocenters. The second kappa shape index (κ2) is 11.5. The number of carbonyl (C=O) groups excluding carboxylic acids is 2. The average Bonchev–Trinajstić information content (AvgIpc) is 3.34. The van der Waals surface area contributed by atoms with E-state index in [0.29, 0.717) is 45.0 Å². The van der Waals surface area contributed by atoms with Gasteiger partial charge in [-0.2, -0.15) is 0 Å². The molecule has 2 heterocycles. The van der Waals surface area contributed by atoms with Crippen molar-refractivity contribution in [3.63, 3.8) is 0 Å². The molecule has 2 aromatic carbocycles. The van der Waals surface area contributed by atoms with Gasteiger partial charge in [-0.25, -0.2) is 4.98 Å². The molecule has 0 spiro atoms. The lowest BCUT2D eigenvalue weighted by Crippen LogP contribution is -2.46. The molecule has 1 aliphatic rings. The predicted molar refractivity (Wildman–Crippen MR) is 129 cm³/mol. The summed E-state index contributed by atoms with van der Waals surface area (Å²) in [5.74, 6) is 1.16. The van der Waals surface area contributed by atoms with Gasteiger partial charge in [0.2, 0.25) is 17.7 Å². The summed E-state index contributed by atoms with van der Waals surface area (Å²) in [6.45, 7) is 3.99. The van der Waals surface area contributed by atoms with Crippen molar-refractivity contribution in [2.24, 2.45) is 5.92 Å². The zero-order valence-electron chi connectivity index (χ0n) is 19.5. The van der Waals surface area contributed by atoms with E-state index in [9.17, 15) is 9.59 Å². The van der Waals surface area contributed by atoms with Gasteiger partial charge in [-0.3, -0.25) is 9.59 Å². The number of benzene rings is 2. The summed E-state index contributed by atoms with van der Waals surface area (Å²) in [6.07, 6.45) is 4.15. The first kappa shape index (κ1) is 23.5. The molecular weight excluding hydrogens is 430 g/mol. The number of para-hydroxylation sites is 1. The number of carbonyl (C=O) groups is 2. The van der Waals surface area contributed by atoms with Crippen molar-refractivity contribution < 1.29 is 18.7 Å². The number of likely N-dealkylation sites (tertiary alicyclic amines) is 1. The number of amides is 2. The maximum atomic E-state index is 12.7. The third-order valence-corrected chi connectivity index (χ3v) is 6.00. The molecule has 1 N–H and O–H groups in total. The Bertz CT molecular complexity index is 1080. The van der Waals surface area contributed by atoms with Gasteiger partial charge < -0.3 is 19.4 Å². The fourth-order valence-electron chi connectivity index (χ4n) is 4.06. The van der Waals surface area contributed by atoms with Crippen molar-refractivity contribution in [2.75, 3.05) is 26.2 Å². The zero-order chi connectivity index (χ0) is 23.8. The molecule has 7 heteroatoms. The van der Waals surface area contributed by atoms with Crippen LogP contribution >= 0.6 is 0 Å². The lowest BCUT2D eigenvalue weighted by Gasteiger charge is -2.32. The first-order chi connectivity index (χ1) is 16.6. The fraction of sp³-hybridized carbons (Fsp3) is 0.370. The first-order valence-electron chi connectivity index (χ1n) is 11.8. The molecule has 178 valence electrons. The summed E-state index contributed by atoms with van der Waals surface area (Å²) < 4.78 is 11.2. The van der Waals surface area contributed by atoms with Gasteiger partial charge in [-0.15, -0.1) is 0 Å². The highest BCUT2D eigenvalue weighted by molar-refractivity contribution is 5.81. The predicted octanol–water partition coefficient (Wildman–Crippen LogP) is 4.02. The number of aromatic nitrogens is 1. The molecule has 3 aromatic rings. The quantitative estimate of drug-likeness (QED) is 0.520. The van der Waals surface area contributed by atoms with Crippen LogP contribution in [0.2, 0.25) is 0 Å². The molecule has 0 radical (unpaired) electrons. The second-order valence-electron chi connectivity index (χ2n) is 8.64. The zero-order valence-corrected chi connectivity index (χ0v) is 19.5. The minimum atomic E-state index is -0.187. The number of rotatable bonds is 9. The van der Waals surface area contributed by atoms with Gasteiger partial charge in [0.05, 0.1) is 24.6 Å². The van der Waals surface area contributed by atoms with Crippen molar-refractivity contribution in [1.82, 2.24) is 15.2 Å². The maximum Gasteiger partial charge on any atom is 0.226 e. The number of aryl methyl sites for hydroxylation is 1. The Balaban J connectivity index is 1.19. The van der Waals surface area contributed by atoms with Crippen LogP contribution in [0.4, 0.5) is 0 Å². The molecule has 34 heavy (non-hydrogen) atoms. The maximum absolute atomic E-state index is 12.7. The van der Waals surface area contributed by atoms with E-state index in [1.165, 1.54) is 5.56 Å². The molecule has 1 fully saturated rings. The highest BCUT2D eigenvalue weighted by atomic mass is 16.5. The van der Waals surface area contributed by atoms with Crippen LogP contribution in [-0.2, 0) is 16.0 Å². The summed E-state index contributed by atoms with van der Waals surface area (Å²) in [5, 5.41) is 3.00. The monoisotopic (exact) mass is 461 g/mol. The molecule has 1 aliphatic heterocycles. The van der Waals surface area contributed by atoms with Gasteiger partial charge in [0, 0.05) is 31.6 Å². The van der Waals surface area contributed by atoms with E-state index >= 15 is 0 Å². The van der Waals surface area contributed by atoms with Crippen LogP contribution in [0.5, 0.6) is 5.75 Å². The summed E-state index contributed by atoms with van der Waals surface area (Å²) in [4.78, 5) is 31.6. The highest BCUT2D eigenvalue weighted by Crippen LogP contribution is 2.20. The first-order valence-corrected chi connectivity index (χ1v) is 11.8. The summed E-state index contributed by atoms with van der Waals surface area (Å²) in [7, 11) is 0. The fourth-order valence-corrected chi connectivity index (χ4v) is 4.06. The van der Waals surface area contributed by atoms with E-state index in [1.807, 2.05) is 61.5 Å². The Morgan fingerprint density at radius 1 is 1.15 bits per heavy atom. The topological polar surface area (TPSA) is 84.7 Å². The van der Waals surface area contributed by atoms with Crippen molar-refractivity contribution in [2.45, 2.75) is 32.6 Å². The number of hydrogen-bond donors (Lipinski definition) is 1. The third-order valence-electron chi connectivity index (χ3n) is 6.00. The highest BCUT2D eigenvalue weighted by Gasteiger charge is 2.28. The number of nitrogens with one attached hydrogen (secondary N) is 1. The summed E-state index contributed by atoms with van der Waals surface area (Å²) >= 11 is 0. The lowest BCUT2D eigenvalue weighted by molar-refractivity contribution is -0.136. The molecule has 1 saturated heterocycles. The molecule has 2 amide bonds. The van der Waals surface area contributed by atoms with Gasteiger partial charge in [-0.1, -0.05) is 35.9 Å². The molecule has 4 rings (SSSR count). The van der Waals surface area contributed by atoms with E-state index in [1.54, 1.807) is 11.2 Å². The molecular formula is C27H31N3O4. The average molecular weight is 462 g/mol. The number of oxazole rings is 1. The summed E-state index contributed by atoms with van der Waals surface area (Å²) in [6, 6.07) is 17.5. The Hall–Kier alpha value is -3.61. The van der Waals surface area contributed by atoms with E-state index < -0.39 is 0 Å². The number of ether oxygens (including phenoxy) is 1. The normalized spacial score (nSPS) is 15.7. The van der Waals surface area contributed by atoms with Crippen LogP contribution in [0, 0.1) is 12.8 Å². The molecule has 0 saturated carbocycles. The van der Waals surface area contributed by atoms with Crippen LogP contribution in [0.15, 0.2) is 65.3 Å². The molecule has 7 nitrogen and oxygen atoms in total. The van der Waals surface area contributed by atoms with Gasteiger partial charge in [-0.05, 0) is 44.0 Å². The second-order valence-corrected chi connectivity index (χ2v) is 8.64. The van der Waals surface area contributed by atoms with Gasteiger partial charge >= 0.3 is 0 Å². The van der Waals surface area contributed by atoms with E-state index in [0.717, 1.165) is 29.8 Å². The minimum Gasteiger partial charge on any atom is -0.493 e. The van der Waals surface area contributed by atoms with Crippen LogP contribution < -0.4 is 10.1 Å². The summed E-state index contributed by atoms with van der Waals surface area (Å²) in [5.41, 5.74) is 2.92. The Morgan fingerprint density at radius 3 is 2.74 bits per heavy atom. The molecule has 1 unspecified atom stereocenters. The Morgan fingerprint density at radius 2 is 1.94 bits per heavy atom. The largest absolute Gasteiger partial charge is 0.493 e. The number of hydrogen-bond acceptors (Lipinski definition) is 5. The third kappa shape index (κ3) is 6.47. The van der Waals surface area contributed by atoms with E-state index in [2.05, 4.69) is 10.3 Å². The molecule has 1 aromatic heterocycles. The van der Waals surface area contributed by atoms with Crippen LogP contribution in [0.1, 0.15) is 30.5 Å². The van der Waals surface area contributed by atoms with Crippen molar-refractivity contribution >= 4 is 11.8 Å². The van der Waals surface area contributed by atoms with Crippen LogP contribution in [0.3, 0.4) is 0 Å². The van der Waals surface area contributed by atoms with Gasteiger partial charge in [0.1, 0.15) is 12.0 Å². The lowest BCUT2D eigenvalue weighted by atomic mass is 9.97. The van der Waals surface area contributed by atoms with Crippen molar-refractivity contribution in [3.8, 4) is 17.2 Å².